The van der Waals surface area contributed by atoms with E-state index in [9.17, 15) is 26.2 Å². The van der Waals surface area contributed by atoms with Gasteiger partial charge in [0.25, 0.3) is 0 Å². The van der Waals surface area contributed by atoms with Crippen LogP contribution in [0.4, 0.5) is 22.0 Å². The van der Waals surface area contributed by atoms with E-state index in [1.165, 1.54) is 0 Å². The Morgan fingerprint density at radius 1 is 1.05 bits per heavy atom. The van der Waals surface area contributed by atoms with Gasteiger partial charge in [-0.2, -0.15) is 22.0 Å². The summed E-state index contributed by atoms with van der Waals surface area (Å²) >= 11 is 0. The van der Waals surface area contributed by atoms with Gasteiger partial charge >= 0.3 is 12.1 Å². The van der Waals surface area contributed by atoms with Crippen LogP contribution >= 0.6 is 0 Å². The monoisotopic (exact) mass is 309 g/mol. The summed E-state index contributed by atoms with van der Waals surface area (Å²) in [6, 6.07) is 0.0545. The van der Waals surface area contributed by atoms with Crippen molar-refractivity contribution < 1.29 is 26.2 Å². The molecule has 0 aliphatic carbocycles. The summed E-state index contributed by atoms with van der Waals surface area (Å²) < 4.78 is 72.0. The first-order valence-corrected chi connectivity index (χ1v) is 7.60. The molecular weight excluding hydrogens is 289 g/mol. The molecule has 2 atom stereocenters. The maximum Gasteiger partial charge on any atom is 0.453 e. The summed E-state index contributed by atoms with van der Waals surface area (Å²) in [5, 5.41) is 0. The van der Waals surface area contributed by atoms with Crippen LogP contribution in [0.5, 0.6) is 0 Å². The van der Waals surface area contributed by atoms with Gasteiger partial charge in [0, 0.05) is 34.8 Å². The van der Waals surface area contributed by atoms with Crippen LogP contribution in [-0.4, -0.2) is 33.9 Å². The lowest BCUT2D eigenvalue weighted by atomic mass is 10.2. The van der Waals surface area contributed by atoms with Crippen molar-refractivity contribution in [3.63, 3.8) is 0 Å². The van der Waals surface area contributed by atoms with Gasteiger partial charge in [0.2, 0.25) is 0 Å². The van der Waals surface area contributed by atoms with Crippen molar-refractivity contribution in [1.82, 2.24) is 0 Å². The highest BCUT2D eigenvalue weighted by molar-refractivity contribution is 7.84. The van der Waals surface area contributed by atoms with Crippen LogP contribution in [0.3, 0.4) is 0 Å². The Balaban J connectivity index is 3.75. The van der Waals surface area contributed by atoms with Gasteiger partial charge in [0.05, 0.1) is 0 Å². The Morgan fingerprint density at radius 3 is 2.05 bits per heavy atom. The molecule has 19 heavy (non-hydrogen) atoms. The number of unbranched alkanes of at least 4 members (excludes halogenated alkanes) is 1. The minimum absolute atomic E-state index is 0.0545. The SMILES string of the molecule is CC(N)CCCCS(=O)CCCC(F)(F)C(F)(F)F. The van der Waals surface area contributed by atoms with Gasteiger partial charge in [-0.05, 0) is 26.2 Å². The Labute approximate surface area is 112 Å². The van der Waals surface area contributed by atoms with Gasteiger partial charge in [0.1, 0.15) is 0 Å². The molecule has 0 saturated heterocycles. The molecular formula is C11H20F5NOS. The van der Waals surface area contributed by atoms with Gasteiger partial charge in [-0.15, -0.1) is 0 Å². The highest BCUT2D eigenvalue weighted by Crippen LogP contribution is 2.38. The van der Waals surface area contributed by atoms with E-state index in [1.807, 2.05) is 6.92 Å². The molecule has 116 valence electrons. The summed E-state index contributed by atoms with van der Waals surface area (Å²) in [7, 11) is -1.34. The normalized spacial score (nSPS) is 16.4. The number of halogens is 5. The fourth-order valence-corrected chi connectivity index (χ4v) is 2.62. The first-order valence-electron chi connectivity index (χ1n) is 6.11. The summed E-state index contributed by atoms with van der Waals surface area (Å²) in [6.45, 7) is 1.84. The second-order valence-electron chi connectivity index (χ2n) is 4.63. The van der Waals surface area contributed by atoms with Gasteiger partial charge in [-0.1, -0.05) is 6.42 Å². The van der Waals surface area contributed by atoms with Crippen molar-refractivity contribution in [2.75, 3.05) is 11.5 Å². The second-order valence-corrected chi connectivity index (χ2v) is 6.32. The van der Waals surface area contributed by atoms with Crippen LogP contribution in [0.15, 0.2) is 0 Å². The summed E-state index contributed by atoms with van der Waals surface area (Å²) in [6.07, 6.45) is -5.02. The first-order chi connectivity index (χ1) is 8.56. The van der Waals surface area contributed by atoms with Gasteiger partial charge in [0.15, 0.2) is 0 Å². The van der Waals surface area contributed by atoms with Crippen molar-refractivity contribution in [2.45, 2.75) is 57.2 Å². The number of hydrogen-bond acceptors (Lipinski definition) is 2. The Hall–Kier alpha value is -0.240. The van der Waals surface area contributed by atoms with E-state index < -0.39 is 35.7 Å². The summed E-state index contributed by atoms with van der Waals surface area (Å²) in [5.74, 6) is -4.49. The molecule has 2 unspecified atom stereocenters. The molecule has 8 heteroatoms. The van der Waals surface area contributed by atoms with Crippen LogP contribution in [0.1, 0.15) is 39.0 Å². The molecule has 0 amide bonds. The maximum absolute atomic E-state index is 12.5. The molecule has 2 nitrogen and oxygen atoms in total. The van der Waals surface area contributed by atoms with Crippen LogP contribution in [0.25, 0.3) is 0 Å². The molecule has 0 aliphatic rings. The van der Waals surface area contributed by atoms with E-state index in [0.717, 1.165) is 12.8 Å². The average molecular weight is 309 g/mol. The Bertz CT molecular complexity index is 281. The predicted molar refractivity (Wildman–Crippen MR) is 65.6 cm³/mol. The van der Waals surface area contributed by atoms with E-state index in [0.29, 0.717) is 12.2 Å². The van der Waals surface area contributed by atoms with Crippen LogP contribution in [-0.2, 0) is 10.8 Å². The zero-order chi connectivity index (χ0) is 15.1. The van der Waals surface area contributed by atoms with Crippen molar-refractivity contribution in [3.05, 3.63) is 0 Å². The number of rotatable bonds is 9. The van der Waals surface area contributed by atoms with Gasteiger partial charge in [-0.25, -0.2) is 0 Å². The molecule has 0 saturated carbocycles. The van der Waals surface area contributed by atoms with Crippen LogP contribution < -0.4 is 5.73 Å². The van der Waals surface area contributed by atoms with Crippen molar-refractivity contribution in [3.8, 4) is 0 Å². The molecule has 0 aliphatic heterocycles. The third kappa shape index (κ3) is 8.52. The number of nitrogens with two attached hydrogens (primary N) is 1. The topological polar surface area (TPSA) is 43.1 Å². The van der Waals surface area contributed by atoms with Crippen molar-refractivity contribution in [1.29, 1.82) is 0 Å². The standard InChI is InChI=1S/C11H20F5NOS/c1-9(17)5-2-3-7-19(18)8-4-6-10(12,13)11(14,15)16/h9H,2-8,17H2,1H3. The smallest absolute Gasteiger partial charge is 0.328 e. The minimum Gasteiger partial charge on any atom is -0.328 e. The largest absolute Gasteiger partial charge is 0.453 e. The third-order valence-corrected chi connectivity index (χ3v) is 4.05. The van der Waals surface area contributed by atoms with Crippen molar-refractivity contribution in [2.24, 2.45) is 5.73 Å². The lowest BCUT2D eigenvalue weighted by Crippen LogP contribution is -2.36. The third-order valence-electron chi connectivity index (χ3n) is 2.56. The number of hydrogen-bond donors (Lipinski definition) is 1. The fraction of sp³-hybridized carbons (Fsp3) is 1.00. The lowest BCUT2D eigenvalue weighted by molar-refractivity contribution is -0.284. The minimum atomic E-state index is -5.52. The highest BCUT2D eigenvalue weighted by atomic mass is 32.2. The summed E-state index contributed by atoms with van der Waals surface area (Å²) in [5.41, 5.74) is 5.51. The molecule has 2 N–H and O–H groups in total. The summed E-state index contributed by atoms with van der Waals surface area (Å²) in [4.78, 5) is 0. The Morgan fingerprint density at radius 2 is 1.58 bits per heavy atom. The predicted octanol–water partition coefficient (Wildman–Crippen LogP) is 3.23. The molecule has 0 aromatic heterocycles. The maximum atomic E-state index is 12.5. The van der Waals surface area contributed by atoms with Crippen LogP contribution in [0.2, 0.25) is 0 Å². The molecule has 0 spiro atoms. The molecule has 0 rings (SSSR count). The van der Waals surface area contributed by atoms with E-state index in [-0.39, 0.29) is 11.8 Å². The molecule has 0 bridgehead atoms. The number of alkyl halides is 5. The molecule has 0 aromatic carbocycles. The van der Waals surface area contributed by atoms with E-state index in [2.05, 4.69) is 0 Å². The lowest BCUT2D eigenvalue weighted by Gasteiger charge is -2.19. The van der Waals surface area contributed by atoms with Gasteiger partial charge in [-0.3, -0.25) is 4.21 Å². The first kappa shape index (κ1) is 18.8. The fourth-order valence-electron chi connectivity index (χ4n) is 1.43. The zero-order valence-corrected chi connectivity index (χ0v) is 11.6. The quantitative estimate of drug-likeness (QED) is 0.525. The highest BCUT2D eigenvalue weighted by Gasteiger charge is 2.56. The van der Waals surface area contributed by atoms with E-state index in [1.54, 1.807) is 0 Å². The molecule has 0 heterocycles. The second kappa shape index (κ2) is 8.14. The van der Waals surface area contributed by atoms with E-state index in [4.69, 9.17) is 5.73 Å². The molecule has 0 radical (unpaired) electrons. The molecule has 0 aromatic rings. The van der Waals surface area contributed by atoms with Gasteiger partial charge < -0.3 is 5.73 Å². The molecule has 0 fully saturated rings. The van der Waals surface area contributed by atoms with Crippen molar-refractivity contribution >= 4 is 10.8 Å². The van der Waals surface area contributed by atoms with Crippen LogP contribution in [0, 0.1) is 0 Å². The Kier molecular flexibility index (Phi) is 8.03. The average Bonchev–Trinajstić information content (AvgIpc) is 2.22. The van der Waals surface area contributed by atoms with E-state index >= 15 is 0 Å². The zero-order valence-electron chi connectivity index (χ0n) is 10.8.